The summed E-state index contributed by atoms with van der Waals surface area (Å²) in [5.41, 5.74) is 0. The first kappa shape index (κ1) is 11.6. The number of carboxylic acids is 1. The number of nitriles is 1. The third-order valence-electron chi connectivity index (χ3n) is 1.73. The number of aliphatic carboxylic acids is 1. The molecule has 0 amide bonds. The van der Waals surface area contributed by atoms with Crippen molar-refractivity contribution in [2.24, 2.45) is 5.92 Å². The van der Waals surface area contributed by atoms with Crippen molar-refractivity contribution in [3.8, 4) is 6.07 Å². The van der Waals surface area contributed by atoms with E-state index in [9.17, 15) is 9.59 Å². The molecule has 13 heavy (non-hydrogen) atoms. The number of Topliss-reactive ketones (excluding diaryl/α,β-unsaturated/α-hetero) is 1. The summed E-state index contributed by atoms with van der Waals surface area (Å²) in [6, 6.07) is 1.83. The molecule has 0 radical (unpaired) electrons. The highest BCUT2D eigenvalue weighted by molar-refractivity contribution is 5.98. The maximum atomic E-state index is 11.2. The molecule has 0 saturated carbocycles. The quantitative estimate of drug-likeness (QED) is 0.630. The fourth-order valence-electron chi connectivity index (χ4n) is 1.05. The molecular formula is C9H13NO3. The van der Waals surface area contributed by atoms with E-state index in [0.29, 0.717) is 6.42 Å². The Bertz CT molecular complexity index is 230. The summed E-state index contributed by atoms with van der Waals surface area (Å²) in [5.74, 6) is -2.38. The lowest BCUT2D eigenvalue weighted by molar-refractivity contribution is -0.146. The van der Waals surface area contributed by atoms with Crippen LogP contribution >= 0.6 is 0 Å². The first-order chi connectivity index (χ1) is 6.13. The molecule has 0 bridgehead atoms. The highest BCUT2D eigenvalue weighted by Gasteiger charge is 2.24. The molecule has 1 unspecified atom stereocenters. The van der Waals surface area contributed by atoms with Gasteiger partial charge in [0.25, 0.3) is 0 Å². The molecule has 1 N–H and O–H groups in total. The van der Waals surface area contributed by atoms with E-state index < -0.39 is 11.9 Å². The average molecular weight is 183 g/mol. The Balaban J connectivity index is 4.17. The second-order valence-electron chi connectivity index (χ2n) is 2.80. The van der Waals surface area contributed by atoms with Gasteiger partial charge in [-0.1, -0.05) is 6.92 Å². The lowest BCUT2D eigenvalue weighted by Gasteiger charge is -2.07. The first-order valence-corrected chi connectivity index (χ1v) is 4.26. The number of carboxylic acid groups (broad SMARTS) is 1. The van der Waals surface area contributed by atoms with Crippen LogP contribution in [-0.4, -0.2) is 16.9 Å². The summed E-state index contributed by atoms with van der Waals surface area (Å²) in [6.45, 7) is 1.82. The molecule has 0 aromatic heterocycles. The molecule has 4 nitrogen and oxygen atoms in total. The van der Waals surface area contributed by atoms with Gasteiger partial charge in [-0.2, -0.15) is 5.26 Å². The van der Waals surface area contributed by atoms with Crippen LogP contribution in [0.5, 0.6) is 0 Å². The summed E-state index contributed by atoms with van der Waals surface area (Å²) >= 11 is 0. The van der Waals surface area contributed by atoms with Crippen LogP contribution < -0.4 is 0 Å². The Kier molecular flexibility index (Phi) is 5.53. The fourth-order valence-corrected chi connectivity index (χ4v) is 1.05. The Morgan fingerprint density at radius 1 is 1.54 bits per heavy atom. The molecule has 0 heterocycles. The van der Waals surface area contributed by atoms with Crippen molar-refractivity contribution in [1.82, 2.24) is 0 Å². The van der Waals surface area contributed by atoms with Crippen molar-refractivity contribution in [1.29, 1.82) is 5.26 Å². The van der Waals surface area contributed by atoms with Gasteiger partial charge in [-0.15, -0.1) is 0 Å². The van der Waals surface area contributed by atoms with Crippen LogP contribution in [0.25, 0.3) is 0 Å². The molecule has 1 atom stereocenters. The maximum absolute atomic E-state index is 11.2. The molecular weight excluding hydrogens is 170 g/mol. The fraction of sp³-hybridized carbons (Fsp3) is 0.667. The van der Waals surface area contributed by atoms with E-state index in [-0.39, 0.29) is 25.0 Å². The second kappa shape index (κ2) is 6.18. The van der Waals surface area contributed by atoms with E-state index >= 15 is 0 Å². The van der Waals surface area contributed by atoms with Crippen LogP contribution in [0.15, 0.2) is 0 Å². The minimum atomic E-state index is -1.12. The summed E-state index contributed by atoms with van der Waals surface area (Å²) in [7, 11) is 0. The monoisotopic (exact) mass is 183 g/mol. The van der Waals surface area contributed by atoms with Crippen LogP contribution in [0.3, 0.4) is 0 Å². The van der Waals surface area contributed by atoms with Gasteiger partial charge in [-0.3, -0.25) is 9.59 Å². The van der Waals surface area contributed by atoms with Crippen LogP contribution in [0, 0.1) is 17.2 Å². The molecule has 0 aliphatic heterocycles. The van der Waals surface area contributed by atoms with Gasteiger partial charge in [-0.05, 0) is 12.8 Å². The molecule has 0 rings (SSSR count). The Labute approximate surface area is 77.2 Å². The van der Waals surface area contributed by atoms with Crippen LogP contribution in [0.1, 0.15) is 32.6 Å². The zero-order valence-corrected chi connectivity index (χ0v) is 7.62. The van der Waals surface area contributed by atoms with Crippen molar-refractivity contribution >= 4 is 11.8 Å². The Morgan fingerprint density at radius 3 is 2.54 bits per heavy atom. The molecule has 0 aliphatic rings. The minimum Gasteiger partial charge on any atom is -0.481 e. The van der Waals surface area contributed by atoms with Crippen LogP contribution in [0.2, 0.25) is 0 Å². The van der Waals surface area contributed by atoms with Gasteiger partial charge in [0.05, 0.1) is 6.07 Å². The predicted molar refractivity (Wildman–Crippen MR) is 45.9 cm³/mol. The number of hydrogen-bond donors (Lipinski definition) is 1. The van der Waals surface area contributed by atoms with Crippen molar-refractivity contribution in [3.63, 3.8) is 0 Å². The summed E-state index contributed by atoms with van der Waals surface area (Å²) in [4.78, 5) is 21.8. The highest BCUT2D eigenvalue weighted by Crippen LogP contribution is 2.11. The van der Waals surface area contributed by atoms with E-state index in [1.165, 1.54) is 0 Å². The number of hydrogen-bond acceptors (Lipinski definition) is 3. The molecule has 0 saturated heterocycles. The van der Waals surface area contributed by atoms with Gasteiger partial charge in [0.2, 0.25) is 0 Å². The lowest BCUT2D eigenvalue weighted by atomic mass is 9.96. The Morgan fingerprint density at radius 2 is 2.15 bits per heavy atom. The summed E-state index contributed by atoms with van der Waals surface area (Å²) in [6.07, 6.45) is 1.18. The molecule has 0 fully saturated rings. The van der Waals surface area contributed by atoms with Crippen LogP contribution in [0.4, 0.5) is 0 Å². The van der Waals surface area contributed by atoms with Gasteiger partial charge >= 0.3 is 5.97 Å². The van der Waals surface area contributed by atoms with E-state index in [0.717, 1.165) is 0 Å². The third-order valence-corrected chi connectivity index (χ3v) is 1.73. The first-order valence-electron chi connectivity index (χ1n) is 4.26. The van der Waals surface area contributed by atoms with E-state index in [4.69, 9.17) is 10.4 Å². The predicted octanol–water partition coefficient (Wildman–Crippen LogP) is 1.36. The number of carbonyl (C=O) groups is 2. The van der Waals surface area contributed by atoms with Gasteiger partial charge in [0.15, 0.2) is 0 Å². The van der Waals surface area contributed by atoms with Crippen molar-refractivity contribution in [3.05, 3.63) is 0 Å². The van der Waals surface area contributed by atoms with Gasteiger partial charge in [-0.25, -0.2) is 0 Å². The van der Waals surface area contributed by atoms with Crippen molar-refractivity contribution in [2.75, 3.05) is 0 Å². The molecule has 0 aliphatic carbocycles. The van der Waals surface area contributed by atoms with Gasteiger partial charge in [0, 0.05) is 12.8 Å². The topological polar surface area (TPSA) is 78.2 Å². The van der Waals surface area contributed by atoms with E-state index in [2.05, 4.69) is 0 Å². The molecule has 0 aromatic rings. The molecule has 0 aromatic carbocycles. The zero-order valence-electron chi connectivity index (χ0n) is 7.62. The Hall–Kier alpha value is -1.37. The summed E-state index contributed by atoms with van der Waals surface area (Å²) in [5, 5.41) is 16.9. The van der Waals surface area contributed by atoms with Crippen LogP contribution in [-0.2, 0) is 9.59 Å². The number of ketones is 1. The highest BCUT2D eigenvalue weighted by atomic mass is 16.4. The largest absolute Gasteiger partial charge is 0.481 e. The maximum Gasteiger partial charge on any atom is 0.314 e. The molecule has 0 spiro atoms. The summed E-state index contributed by atoms with van der Waals surface area (Å²) < 4.78 is 0. The standard InChI is InChI=1S/C9H13NO3/c1-2-4-8(11)7(9(12)13)5-3-6-10/h7H,2-5H2,1H3,(H,12,13). The van der Waals surface area contributed by atoms with E-state index in [1.807, 2.05) is 13.0 Å². The lowest BCUT2D eigenvalue weighted by Crippen LogP contribution is -2.23. The van der Waals surface area contributed by atoms with Crippen molar-refractivity contribution in [2.45, 2.75) is 32.6 Å². The number of carbonyl (C=O) groups excluding carboxylic acids is 1. The zero-order chi connectivity index (χ0) is 10.3. The molecule has 4 heteroatoms. The average Bonchev–Trinajstić information content (AvgIpc) is 2.05. The second-order valence-corrected chi connectivity index (χ2v) is 2.80. The normalized spacial score (nSPS) is 11.7. The third kappa shape index (κ3) is 4.26. The number of rotatable bonds is 6. The molecule has 72 valence electrons. The van der Waals surface area contributed by atoms with E-state index in [1.54, 1.807) is 0 Å². The number of nitrogens with zero attached hydrogens (tertiary/aromatic N) is 1. The van der Waals surface area contributed by atoms with Gasteiger partial charge in [0.1, 0.15) is 11.7 Å². The van der Waals surface area contributed by atoms with Crippen molar-refractivity contribution < 1.29 is 14.7 Å². The smallest absolute Gasteiger partial charge is 0.314 e. The van der Waals surface area contributed by atoms with Gasteiger partial charge < -0.3 is 5.11 Å². The SMILES string of the molecule is CCCC(=O)C(CCC#N)C(=O)O. The minimum absolute atomic E-state index is 0.117.